The van der Waals surface area contributed by atoms with Gasteiger partial charge in [-0.1, -0.05) is 66.2 Å². The molecule has 0 aromatic heterocycles. The first-order chi connectivity index (χ1) is 21.8. The van der Waals surface area contributed by atoms with Gasteiger partial charge in [0.25, 0.3) is 0 Å². The Morgan fingerprint density at radius 1 is 0.689 bits per heavy atom. The van der Waals surface area contributed by atoms with Gasteiger partial charge in [0.2, 0.25) is 11.8 Å². The highest BCUT2D eigenvalue weighted by Gasteiger charge is 2.30. The minimum absolute atomic E-state index is 0.0676. The zero-order chi connectivity index (χ0) is 32.2. The third kappa shape index (κ3) is 9.16. The maximum atomic E-state index is 14.1. The van der Waals surface area contributed by atoms with E-state index in [-0.39, 0.29) is 24.8 Å². The molecule has 4 aromatic carbocycles. The number of amides is 2. The Hall–Kier alpha value is -4.69. The van der Waals surface area contributed by atoms with Gasteiger partial charge in [-0.15, -0.1) is 0 Å². The van der Waals surface area contributed by atoms with Crippen LogP contribution in [0.1, 0.15) is 22.3 Å². The summed E-state index contributed by atoms with van der Waals surface area (Å²) in [5.41, 5.74) is 3.52. The first-order valence-electron chi connectivity index (χ1n) is 14.6. The van der Waals surface area contributed by atoms with E-state index >= 15 is 0 Å². The van der Waals surface area contributed by atoms with E-state index in [0.717, 1.165) is 22.3 Å². The molecule has 4 rings (SSSR count). The second-order valence-corrected chi connectivity index (χ2v) is 10.9. The van der Waals surface area contributed by atoms with Crippen molar-refractivity contribution in [2.45, 2.75) is 31.8 Å². The average molecular weight is 631 g/mol. The van der Waals surface area contributed by atoms with Crippen LogP contribution in [0.15, 0.2) is 91.0 Å². The predicted molar refractivity (Wildman–Crippen MR) is 175 cm³/mol. The summed E-state index contributed by atoms with van der Waals surface area (Å²) in [4.78, 5) is 29.8. The van der Waals surface area contributed by atoms with E-state index < -0.39 is 6.04 Å². The van der Waals surface area contributed by atoms with Crippen molar-refractivity contribution in [2.24, 2.45) is 0 Å². The van der Waals surface area contributed by atoms with Crippen molar-refractivity contribution in [2.75, 3.05) is 35.0 Å². The summed E-state index contributed by atoms with van der Waals surface area (Å²) in [5, 5.41) is 3.68. The van der Waals surface area contributed by atoms with Gasteiger partial charge in [-0.25, -0.2) is 0 Å². The number of carbonyl (C=O) groups is 2. The number of ether oxygens (including phenoxy) is 4. The van der Waals surface area contributed by atoms with E-state index in [1.807, 2.05) is 66.7 Å². The Morgan fingerprint density at radius 3 is 1.84 bits per heavy atom. The molecule has 8 nitrogen and oxygen atoms in total. The van der Waals surface area contributed by atoms with E-state index in [1.165, 1.54) is 0 Å². The van der Waals surface area contributed by atoms with Crippen molar-refractivity contribution in [3.63, 3.8) is 0 Å². The molecule has 4 aromatic rings. The maximum absolute atomic E-state index is 14.1. The number of benzene rings is 4. The van der Waals surface area contributed by atoms with Crippen LogP contribution in [0.3, 0.4) is 0 Å². The van der Waals surface area contributed by atoms with Crippen LogP contribution < -0.4 is 24.3 Å². The molecule has 0 saturated carbocycles. The van der Waals surface area contributed by atoms with Gasteiger partial charge in [-0.05, 0) is 65.1 Å². The molecule has 236 valence electrons. The van der Waals surface area contributed by atoms with Crippen molar-refractivity contribution < 1.29 is 28.5 Å². The fourth-order valence-corrected chi connectivity index (χ4v) is 5.22. The molecule has 0 unspecified atom stereocenters. The number of nitrogens with zero attached hydrogens (tertiary/aromatic N) is 1. The summed E-state index contributed by atoms with van der Waals surface area (Å²) in [5.74, 6) is 1.92. The summed E-state index contributed by atoms with van der Waals surface area (Å²) in [7, 11) is 6.30. The summed E-state index contributed by atoms with van der Waals surface area (Å²) >= 11 is 6.15. The van der Waals surface area contributed by atoms with Crippen LogP contribution in [0.4, 0.5) is 0 Å². The highest BCUT2D eigenvalue weighted by atomic mass is 35.5. The second kappa shape index (κ2) is 16.4. The molecule has 1 N–H and O–H groups in total. The fourth-order valence-electron chi connectivity index (χ4n) is 5.09. The van der Waals surface area contributed by atoms with Gasteiger partial charge >= 0.3 is 0 Å². The molecule has 1 atom stereocenters. The Morgan fingerprint density at radius 2 is 1.24 bits per heavy atom. The van der Waals surface area contributed by atoms with Crippen LogP contribution in [-0.4, -0.2) is 57.7 Å². The maximum Gasteiger partial charge on any atom is 0.243 e. The molecular weight excluding hydrogens is 592 g/mol. The molecule has 0 aliphatic rings. The molecule has 0 bridgehead atoms. The van der Waals surface area contributed by atoms with E-state index in [9.17, 15) is 9.59 Å². The van der Waals surface area contributed by atoms with Crippen molar-refractivity contribution in [1.29, 1.82) is 0 Å². The number of nitrogens with one attached hydrogen (secondary N) is 1. The summed E-state index contributed by atoms with van der Waals surface area (Å²) in [6.45, 7) is 0.599. The molecule has 0 spiro atoms. The third-order valence-electron chi connectivity index (χ3n) is 7.50. The van der Waals surface area contributed by atoms with Gasteiger partial charge in [-0.2, -0.15) is 0 Å². The van der Waals surface area contributed by atoms with Gasteiger partial charge in [0, 0.05) is 24.5 Å². The minimum Gasteiger partial charge on any atom is -0.493 e. The molecule has 9 heteroatoms. The normalized spacial score (nSPS) is 11.3. The highest BCUT2D eigenvalue weighted by Crippen LogP contribution is 2.29. The summed E-state index contributed by atoms with van der Waals surface area (Å²) in [6, 6.07) is 27.3. The Kier molecular flexibility index (Phi) is 12.1. The molecule has 0 heterocycles. The minimum atomic E-state index is -0.777. The van der Waals surface area contributed by atoms with Gasteiger partial charge in [0.1, 0.15) is 6.04 Å². The second-order valence-electron chi connectivity index (χ2n) is 10.5. The van der Waals surface area contributed by atoms with Crippen LogP contribution >= 0.6 is 11.6 Å². The zero-order valence-corrected chi connectivity index (χ0v) is 26.8. The summed E-state index contributed by atoms with van der Waals surface area (Å²) in [6.07, 6.45) is 0.980. The largest absolute Gasteiger partial charge is 0.493 e. The standard InChI is InChI=1S/C36H39ClN2O6/c1-42-31-16-12-26(21-33(31)44-3)18-19-38-36(41)30(20-25-8-6-5-7-9-25)39(24-27-10-14-29(37)15-11-27)35(40)23-28-13-17-32(43-2)34(22-28)45-4/h5-17,21-22,30H,18-20,23-24H2,1-4H3,(H,38,41)/t30-/m1/s1. The lowest BCUT2D eigenvalue weighted by atomic mass is 10.0. The van der Waals surface area contributed by atoms with Crippen molar-refractivity contribution >= 4 is 23.4 Å². The van der Waals surface area contributed by atoms with E-state index in [4.69, 9.17) is 30.5 Å². The van der Waals surface area contributed by atoms with E-state index in [0.29, 0.717) is 47.4 Å². The molecule has 2 amide bonds. The average Bonchev–Trinajstić information content (AvgIpc) is 3.07. The topological polar surface area (TPSA) is 86.3 Å². The van der Waals surface area contributed by atoms with Crippen LogP contribution in [0, 0.1) is 0 Å². The SMILES string of the molecule is COc1ccc(CCNC(=O)[C@@H](Cc2ccccc2)N(Cc2ccc(Cl)cc2)C(=O)Cc2ccc(OC)c(OC)c2)cc1OC. The van der Waals surface area contributed by atoms with Gasteiger partial charge in [0.15, 0.2) is 23.0 Å². The zero-order valence-electron chi connectivity index (χ0n) is 26.0. The molecule has 0 radical (unpaired) electrons. The third-order valence-corrected chi connectivity index (χ3v) is 7.75. The lowest BCUT2D eigenvalue weighted by molar-refractivity contribution is -0.140. The predicted octanol–water partition coefficient (Wildman–Crippen LogP) is 5.92. The number of methoxy groups -OCH3 is 4. The molecular formula is C36H39ClN2O6. The lowest BCUT2D eigenvalue weighted by Crippen LogP contribution is -2.51. The molecule has 0 aliphatic carbocycles. The Bertz CT molecular complexity index is 1560. The smallest absolute Gasteiger partial charge is 0.243 e. The van der Waals surface area contributed by atoms with Crippen LogP contribution in [0.25, 0.3) is 0 Å². The van der Waals surface area contributed by atoms with Crippen molar-refractivity contribution in [3.05, 3.63) is 118 Å². The fraction of sp³-hybridized carbons (Fsp3) is 0.278. The molecule has 0 fully saturated rings. The quantitative estimate of drug-likeness (QED) is 0.176. The first-order valence-corrected chi connectivity index (χ1v) is 15.0. The first kappa shape index (κ1) is 33.2. The van der Waals surface area contributed by atoms with Crippen molar-refractivity contribution in [3.8, 4) is 23.0 Å². The Balaban J connectivity index is 1.61. The van der Waals surface area contributed by atoms with E-state index in [2.05, 4.69) is 5.32 Å². The number of rotatable bonds is 15. The monoisotopic (exact) mass is 630 g/mol. The number of hydrogen-bond acceptors (Lipinski definition) is 6. The van der Waals surface area contributed by atoms with Gasteiger partial charge in [0.05, 0.1) is 34.9 Å². The summed E-state index contributed by atoms with van der Waals surface area (Å²) < 4.78 is 21.6. The van der Waals surface area contributed by atoms with Crippen LogP contribution in [0.5, 0.6) is 23.0 Å². The van der Waals surface area contributed by atoms with Gasteiger partial charge in [-0.3, -0.25) is 9.59 Å². The van der Waals surface area contributed by atoms with Crippen molar-refractivity contribution in [1.82, 2.24) is 10.2 Å². The molecule has 0 saturated heterocycles. The number of carbonyl (C=O) groups excluding carboxylic acids is 2. The molecule has 0 aliphatic heterocycles. The van der Waals surface area contributed by atoms with Gasteiger partial charge < -0.3 is 29.2 Å². The van der Waals surface area contributed by atoms with E-state index in [1.54, 1.807) is 57.6 Å². The number of halogens is 1. The van der Waals surface area contributed by atoms with Crippen LogP contribution in [0.2, 0.25) is 5.02 Å². The Labute approximate surface area is 269 Å². The van der Waals surface area contributed by atoms with Crippen LogP contribution in [-0.2, 0) is 35.4 Å². The number of hydrogen-bond donors (Lipinski definition) is 1. The highest BCUT2D eigenvalue weighted by molar-refractivity contribution is 6.30. The molecule has 45 heavy (non-hydrogen) atoms. The lowest BCUT2D eigenvalue weighted by Gasteiger charge is -2.32.